The number of morpholine rings is 1. The van der Waals surface area contributed by atoms with Gasteiger partial charge < -0.3 is 9.64 Å². The third-order valence-electron chi connectivity index (χ3n) is 5.57. The summed E-state index contributed by atoms with van der Waals surface area (Å²) >= 11 is 0. The van der Waals surface area contributed by atoms with Gasteiger partial charge in [0.1, 0.15) is 0 Å². The summed E-state index contributed by atoms with van der Waals surface area (Å²) in [6.45, 7) is 8.97. The molecule has 8 heteroatoms. The predicted molar refractivity (Wildman–Crippen MR) is 102 cm³/mol. The van der Waals surface area contributed by atoms with Gasteiger partial charge in [-0.25, -0.2) is 9.36 Å². The largest absolute Gasteiger partial charge is 0.379 e. The van der Waals surface area contributed by atoms with E-state index in [0.29, 0.717) is 18.3 Å². The standard InChI is InChI=1S/C19H28N6O2/c26-19-3-2-18(24-7-1-6-20-24)21-25(19)16-17-4-8-22(9-5-17)10-11-23-12-14-27-15-13-23/h1-3,6-7,17H,4-5,8-16H2. The average Bonchev–Trinajstić information content (AvgIpc) is 3.25. The number of aromatic nitrogens is 4. The SMILES string of the molecule is O=c1ccc(-n2cccn2)nn1CC1CCN(CCN2CCOCC2)CC1. The zero-order valence-electron chi connectivity index (χ0n) is 15.7. The summed E-state index contributed by atoms with van der Waals surface area (Å²) in [6.07, 6.45) is 5.78. The van der Waals surface area contributed by atoms with Crippen molar-refractivity contribution in [2.24, 2.45) is 5.92 Å². The first-order chi connectivity index (χ1) is 13.3. The van der Waals surface area contributed by atoms with Gasteiger partial charge in [-0.05, 0) is 44.0 Å². The number of rotatable bonds is 6. The second-order valence-corrected chi connectivity index (χ2v) is 7.40. The molecule has 0 bridgehead atoms. The highest BCUT2D eigenvalue weighted by Gasteiger charge is 2.21. The monoisotopic (exact) mass is 372 g/mol. The second-order valence-electron chi connectivity index (χ2n) is 7.40. The fourth-order valence-electron chi connectivity index (χ4n) is 3.84. The number of likely N-dealkylation sites (tertiary alicyclic amines) is 1. The van der Waals surface area contributed by atoms with Crippen LogP contribution in [0.15, 0.2) is 35.4 Å². The number of nitrogens with zero attached hydrogens (tertiary/aromatic N) is 6. The van der Waals surface area contributed by atoms with Crippen molar-refractivity contribution < 1.29 is 4.74 Å². The lowest BCUT2D eigenvalue weighted by Crippen LogP contribution is -2.44. The summed E-state index contributed by atoms with van der Waals surface area (Å²) in [5.74, 6) is 1.19. The Bertz CT molecular complexity index is 761. The molecule has 2 aromatic rings. The molecule has 146 valence electrons. The highest BCUT2D eigenvalue weighted by molar-refractivity contribution is 5.17. The summed E-state index contributed by atoms with van der Waals surface area (Å²) < 4.78 is 8.70. The average molecular weight is 372 g/mol. The summed E-state index contributed by atoms with van der Waals surface area (Å²) in [5.41, 5.74) is -0.0411. The quantitative estimate of drug-likeness (QED) is 0.734. The molecule has 0 saturated carbocycles. The van der Waals surface area contributed by atoms with Gasteiger partial charge >= 0.3 is 0 Å². The van der Waals surface area contributed by atoms with Gasteiger partial charge in [-0.2, -0.15) is 5.10 Å². The summed E-state index contributed by atoms with van der Waals surface area (Å²) in [4.78, 5) is 17.2. The van der Waals surface area contributed by atoms with Crippen molar-refractivity contribution in [3.63, 3.8) is 0 Å². The molecule has 0 amide bonds. The van der Waals surface area contributed by atoms with E-state index in [0.717, 1.165) is 65.3 Å². The molecule has 2 saturated heterocycles. The first-order valence-corrected chi connectivity index (χ1v) is 9.88. The van der Waals surface area contributed by atoms with Crippen molar-refractivity contribution in [2.45, 2.75) is 19.4 Å². The summed E-state index contributed by atoms with van der Waals surface area (Å²) in [7, 11) is 0. The molecule has 0 radical (unpaired) electrons. The van der Waals surface area contributed by atoms with Gasteiger partial charge in [-0.15, -0.1) is 5.10 Å². The highest BCUT2D eigenvalue weighted by atomic mass is 16.5. The third kappa shape index (κ3) is 4.82. The van der Waals surface area contributed by atoms with Crippen molar-refractivity contribution in [1.29, 1.82) is 0 Å². The van der Waals surface area contributed by atoms with Crippen LogP contribution in [0.5, 0.6) is 0 Å². The van der Waals surface area contributed by atoms with Gasteiger partial charge in [-0.1, -0.05) is 0 Å². The zero-order valence-corrected chi connectivity index (χ0v) is 15.7. The van der Waals surface area contributed by atoms with Crippen LogP contribution in [0.2, 0.25) is 0 Å². The Kier molecular flexibility index (Phi) is 5.96. The molecule has 0 unspecified atom stereocenters. The van der Waals surface area contributed by atoms with E-state index in [4.69, 9.17) is 4.74 Å². The first-order valence-electron chi connectivity index (χ1n) is 9.88. The van der Waals surface area contributed by atoms with E-state index in [-0.39, 0.29) is 5.56 Å². The van der Waals surface area contributed by atoms with Crippen molar-refractivity contribution >= 4 is 0 Å². The molecule has 0 atom stereocenters. The van der Waals surface area contributed by atoms with Crippen LogP contribution in [0.3, 0.4) is 0 Å². The smallest absolute Gasteiger partial charge is 0.266 e. The number of piperidine rings is 1. The molecular formula is C19H28N6O2. The molecule has 0 N–H and O–H groups in total. The minimum atomic E-state index is -0.0411. The maximum atomic E-state index is 12.2. The maximum Gasteiger partial charge on any atom is 0.266 e. The molecule has 0 aromatic carbocycles. The van der Waals surface area contributed by atoms with Crippen LogP contribution in [-0.2, 0) is 11.3 Å². The van der Waals surface area contributed by atoms with E-state index in [2.05, 4.69) is 20.0 Å². The zero-order chi connectivity index (χ0) is 18.5. The Balaban J connectivity index is 1.28. The van der Waals surface area contributed by atoms with Crippen molar-refractivity contribution in [1.82, 2.24) is 29.4 Å². The molecule has 0 aliphatic carbocycles. The van der Waals surface area contributed by atoms with E-state index in [1.807, 2.05) is 12.3 Å². The van der Waals surface area contributed by atoms with Gasteiger partial charge in [0.25, 0.3) is 5.56 Å². The predicted octanol–water partition coefficient (Wildman–Crippen LogP) is 0.473. The van der Waals surface area contributed by atoms with E-state index >= 15 is 0 Å². The second kappa shape index (κ2) is 8.77. The van der Waals surface area contributed by atoms with Crippen LogP contribution in [0, 0.1) is 5.92 Å². The van der Waals surface area contributed by atoms with Crippen LogP contribution in [0.25, 0.3) is 5.82 Å². The van der Waals surface area contributed by atoms with Crippen molar-refractivity contribution in [3.8, 4) is 5.82 Å². The fraction of sp³-hybridized carbons (Fsp3) is 0.632. The minimum absolute atomic E-state index is 0.0411. The van der Waals surface area contributed by atoms with Gasteiger partial charge in [0, 0.05) is 51.2 Å². The van der Waals surface area contributed by atoms with Gasteiger partial charge in [0.2, 0.25) is 0 Å². The minimum Gasteiger partial charge on any atom is -0.379 e. The topological polar surface area (TPSA) is 68.4 Å². The van der Waals surface area contributed by atoms with Gasteiger partial charge in [0.05, 0.1) is 13.2 Å². The Labute approximate surface area is 159 Å². The Hall–Kier alpha value is -2.03. The molecule has 4 rings (SSSR count). The molecule has 2 fully saturated rings. The van der Waals surface area contributed by atoms with Crippen LogP contribution < -0.4 is 5.56 Å². The third-order valence-corrected chi connectivity index (χ3v) is 5.57. The Morgan fingerprint density at radius 1 is 1.04 bits per heavy atom. The van der Waals surface area contributed by atoms with E-state index in [9.17, 15) is 4.79 Å². The normalized spacial score (nSPS) is 20.1. The molecular weight excluding hydrogens is 344 g/mol. The van der Waals surface area contributed by atoms with Crippen LogP contribution in [-0.4, -0.2) is 81.8 Å². The molecule has 2 aromatic heterocycles. The molecule has 8 nitrogen and oxygen atoms in total. The van der Waals surface area contributed by atoms with Crippen LogP contribution in [0.1, 0.15) is 12.8 Å². The van der Waals surface area contributed by atoms with E-state index in [1.54, 1.807) is 27.7 Å². The summed E-state index contributed by atoms with van der Waals surface area (Å²) in [6, 6.07) is 5.16. The van der Waals surface area contributed by atoms with E-state index in [1.165, 1.54) is 0 Å². The Morgan fingerprint density at radius 3 is 2.48 bits per heavy atom. The number of hydrogen-bond acceptors (Lipinski definition) is 6. The molecule has 2 aliphatic heterocycles. The van der Waals surface area contributed by atoms with Gasteiger partial charge in [0.15, 0.2) is 5.82 Å². The summed E-state index contributed by atoms with van der Waals surface area (Å²) in [5, 5.41) is 8.69. The van der Waals surface area contributed by atoms with Crippen molar-refractivity contribution in [3.05, 3.63) is 40.9 Å². The molecule has 2 aliphatic rings. The number of hydrogen-bond donors (Lipinski definition) is 0. The fourth-order valence-corrected chi connectivity index (χ4v) is 3.84. The van der Waals surface area contributed by atoms with Gasteiger partial charge in [-0.3, -0.25) is 9.69 Å². The van der Waals surface area contributed by atoms with Crippen molar-refractivity contribution in [2.75, 3.05) is 52.5 Å². The van der Waals surface area contributed by atoms with E-state index < -0.39 is 0 Å². The molecule has 4 heterocycles. The number of ether oxygens (including phenoxy) is 1. The molecule has 27 heavy (non-hydrogen) atoms. The highest BCUT2D eigenvalue weighted by Crippen LogP contribution is 2.18. The maximum absolute atomic E-state index is 12.2. The lowest BCUT2D eigenvalue weighted by Gasteiger charge is -2.34. The molecule has 0 spiro atoms. The van der Waals surface area contributed by atoms with Crippen LogP contribution >= 0.6 is 0 Å². The lowest BCUT2D eigenvalue weighted by atomic mass is 9.97. The Morgan fingerprint density at radius 2 is 1.78 bits per heavy atom. The first kappa shape index (κ1) is 18.3. The lowest BCUT2D eigenvalue weighted by molar-refractivity contribution is 0.0311. The van der Waals surface area contributed by atoms with Crippen LogP contribution in [0.4, 0.5) is 0 Å².